The molecule has 0 aliphatic rings. The lowest BCUT2D eigenvalue weighted by Crippen LogP contribution is -2.01. The fourth-order valence-corrected chi connectivity index (χ4v) is 1.97. The maximum absolute atomic E-state index is 11.3. The lowest BCUT2D eigenvalue weighted by atomic mass is 10.2. The minimum Gasteiger partial charge on any atom is -0.505 e. The van der Waals surface area contributed by atoms with Crippen molar-refractivity contribution < 1.29 is 9.90 Å². The van der Waals surface area contributed by atoms with Crippen molar-refractivity contribution in [3.63, 3.8) is 0 Å². The summed E-state index contributed by atoms with van der Waals surface area (Å²) in [5.74, 6) is -0.162. The fraction of sp³-hybridized carbons (Fsp3) is 0.182. The van der Waals surface area contributed by atoms with Crippen molar-refractivity contribution in [3.05, 3.63) is 28.9 Å². The van der Waals surface area contributed by atoms with E-state index in [2.05, 4.69) is 0 Å². The normalized spacial score (nSPS) is 10.9. The number of carbonyl (C=O) groups excluding carboxylic acids is 1. The van der Waals surface area contributed by atoms with Crippen LogP contribution in [0.2, 0.25) is 5.02 Å². The molecule has 0 saturated heterocycles. The molecule has 0 radical (unpaired) electrons. The zero-order valence-corrected chi connectivity index (χ0v) is 9.17. The van der Waals surface area contributed by atoms with Crippen LogP contribution in [0.25, 0.3) is 10.9 Å². The predicted octanol–water partition coefficient (Wildman–Crippen LogP) is 2.74. The molecule has 1 aromatic heterocycles. The van der Waals surface area contributed by atoms with Crippen molar-refractivity contribution in [3.8, 4) is 5.75 Å². The molecule has 0 fully saturated rings. The van der Waals surface area contributed by atoms with Crippen LogP contribution in [0.4, 0.5) is 0 Å². The number of halogens is 1. The molecule has 0 aliphatic heterocycles. The van der Waals surface area contributed by atoms with Gasteiger partial charge in [-0.05, 0) is 18.2 Å². The van der Waals surface area contributed by atoms with Gasteiger partial charge in [0, 0.05) is 24.4 Å². The van der Waals surface area contributed by atoms with E-state index >= 15 is 0 Å². The van der Waals surface area contributed by atoms with Gasteiger partial charge in [0.25, 0.3) is 0 Å². The lowest BCUT2D eigenvalue weighted by molar-refractivity contribution is 0.100. The standard InChI is InChI=1S/C11H10ClNO2/c1-6(14)10-11(15)8-5-7(12)3-4-9(8)13(10)2/h3-5,15H,1-2H3. The molecule has 4 heteroatoms. The Hall–Kier alpha value is -1.48. The summed E-state index contributed by atoms with van der Waals surface area (Å²) < 4.78 is 1.67. The first-order chi connectivity index (χ1) is 7.02. The third kappa shape index (κ3) is 1.39. The topological polar surface area (TPSA) is 42.2 Å². The SMILES string of the molecule is CC(=O)c1c(O)c2cc(Cl)ccc2n1C. The molecule has 2 rings (SSSR count). The van der Waals surface area contributed by atoms with Crippen LogP contribution in [0.5, 0.6) is 5.75 Å². The number of hydrogen-bond donors (Lipinski definition) is 1. The van der Waals surface area contributed by atoms with E-state index in [-0.39, 0.29) is 11.5 Å². The van der Waals surface area contributed by atoms with Crippen LogP contribution in [0, 0.1) is 0 Å². The molecular formula is C11H10ClNO2. The van der Waals surface area contributed by atoms with Crippen LogP contribution in [0.1, 0.15) is 17.4 Å². The summed E-state index contributed by atoms with van der Waals surface area (Å²) >= 11 is 5.83. The van der Waals surface area contributed by atoms with Crippen molar-refractivity contribution >= 4 is 28.3 Å². The van der Waals surface area contributed by atoms with Crippen LogP contribution >= 0.6 is 11.6 Å². The van der Waals surface area contributed by atoms with Crippen molar-refractivity contribution in [2.75, 3.05) is 0 Å². The average molecular weight is 224 g/mol. The van der Waals surface area contributed by atoms with E-state index in [4.69, 9.17) is 11.6 Å². The Labute approximate surface area is 91.9 Å². The van der Waals surface area contributed by atoms with Gasteiger partial charge >= 0.3 is 0 Å². The van der Waals surface area contributed by atoms with Crippen molar-refractivity contribution in [2.45, 2.75) is 6.92 Å². The quantitative estimate of drug-likeness (QED) is 0.756. The van der Waals surface area contributed by atoms with Gasteiger partial charge in [0.15, 0.2) is 11.5 Å². The number of ketones is 1. The Morgan fingerprint density at radius 1 is 1.47 bits per heavy atom. The Bertz CT molecular complexity index is 557. The molecule has 0 bridgehead atoms. The van der Waals surface area contributed by atoms with Crippen molar-refractivity contribution in [2.24, 2.45) is 7.05 Å². The number of aromatic nitrogens is 1. The van der Waals surface area contributed by atoms with Crippen molar-refractivity contribution in [1.82, 2.24) is 4.57 Å². The first kappa shape index (κ1) is 10.1. The Morgan fingerprint density at radius 3 is 2.73 bits per heavy atom. The molecular weight excluding hydrogens is 214 g/mol. The number of benzene rings is 1. The highest BCUT2D eigenvalue weighted by molar-refractivity contribution is 6.31. The highest BCUT2D eigenvalue weighted by atomic mass is 35.5. The second-order valence-corrected chi connectivity index (χ2v) is 3.91. The second-order valence-electron chi connectivity index (χ2n) is 3.47. The Kier molecular flexibility index (Phi) is 2.20. The zero-order chi connectivity index (χ0) is 11.2. The summed E-state index contributed by atoms with van der Waals surface area (Å²) in [6, 6.07) is 5.16. The van der Waals surface area contributed by atoms with Gasteiger partial charge in [-0.1, -0.05) is 11.6 Å². The van der Waals surface area contributed by atoms with Gasteiger partial charge in [0.1, 0.15) is 5.69 Å². The molecule has 15 heavy (non-hydrogen) atoms. The largest absolute Gasteiger partial charge is 0.505 e. The molecule has 3 nitrogen and oxygen atoms in total. The number of aromatic hydroxyl groups is 1. The number of carbonyl (C=O) groups is 1. The minimum atomic E-state index is -0.165. The highest BCUT2D eigenvalue weighted by Crippen LogP contribution is 2.33. The molecule has 0 spiro atoms. The molecule has 0 atom stereocenters. The van der Waals surface area contributed by atoms with Gasteiger partial charge < -0.3 is 9.67 Å². The third-order valence-corrected chi connectivity index (χ3v) is 2.70. The van der Waals surface area contributed by atoms with E-state index in [9.17, 15) is 9.90 Å². The molecule has 0 saturated carbocycles. The summed E-state index contributed by atoms with van der Waals surface area (Å²) in [5.41, 5.74) is 1.11. The number of aryl methyl sites for hydroxylation is 1. The molecule has 0 amide bonds. The lowest BCUT2D eigenvalue weighted by Gasteiger charge is -1.99. The van der Waals surface area contributed by atoms with Gasteiger partial charge in [-0.2, -0.15) is 0 Å². The van der Waals surface area contributed by atoms with Gasteiger partial charge in [0.2, 0.25) is 0 Å². The van der Waals surface area contributed by atoms with Gasteiger partial charge in [-0.25, -0.2) is 0 Å². The summed E-state index contributed by atoms with van der Waals surface area (Å²) in [7, 11) is 1.74. The average Bonchev–Trinajstić information content (AvgIpc) is 2.39. The maximum Gasteiger partial charge on any atom is 0.179 e. The maximum atomic E-state index is 11.3. The van der Waals surface area contributed by atoms with Gasteiger partial charge in [0.05, 0.1) is 5.52 Å². The summed E-state index contributed by atoms with van der Waals surface area (Å²) in [6.45, 7) is 1.43. The fourth-order valence-electron chi connectivity index (χ4n) is 1.80. The number of fused-ring (bicyclic) bond motifs is 1. The number of rotatable bonds is 1. The minimum absolute atomic E-state index is 0.00231. The van der Waals surface area contributed by atoms with Crippen LogP contribution in [-0.2, 0) is 7.05 Å². The van der Waals surface area contributed by atoms with E-state index in [0.29, 0.717) is 16.1 Å². The Balaban J connectivity index is 2.91. The number of Topliss-reactive ketones (excluding diaryl/α,β-unsaturated/α-hetero) is 1. The van der Waals surface area contributed by atoms with Crippen LogP contribution in [0.15, 0.2) is 18.2 Å². The molecule has 0 unspecified atom stereocenters. The first-order valence-corrected chi connectivity index (χ1v) is 4.88. The third-order valence-electron chi connectivity index (χ3n) is 2.47. The van der Waals surface area contributed by atoms with Crippen LogP contribution in [0.3, 0.4) is 0 Å². The van der Waals surface area contributed by atoms with E-state index in [1.807, 2.05) is 0 Å². The smallest absolute Gasteiger partial charge is 0.179 e. The van der Waals surface area contributed by atoms with E-state index < -0.39 is 0 Å². The summed E-state index contributed by atoms with van der Waals surface area (Å²) in [4.78, 5) is 11.3. The van der Waals surface area contributed by atoms with Crippen molar-refractivity contribution in [1.29, 1.82) is 0 Å². The van der Waals surface area contributed by atoms with Crippen LogP contribution in [-0.4, -0.2) is 15.5 Å². The van der Waals surface area contributed by atoms with E-state index in [1.54, 1.807) is 29.8 Å². The number of nitrogens with zero attached hydrogens (tertiary/aromatic N) is 1. The predicted molar refractivity (Wildman–Crippen MR) is 59.6 cm³/mol. The molecule has 2 aromatic rings. The highest BCUT2D eigenvalue weighted by Gasteiger charge is 2.17. The second kappa shape index (κ2) is 3.28. The summed E-state index contributed by atoms with van der Waals surface area (Å²) in [5, 5.41) is 11.0. The monoisotopic (exact) mass is 223 g/mol. The molecule has 1 N–H and O–H groups in total. The zero-order valence-electron chi connectivity index (χ0n) is 8.41. The van der Waals surface area contributed by atoms with E-state index in [1.165, 1.54) is 6.92 Å². The molecule has 0 aliphatic carbocycles. The van der Waals surface area contributed by atoms with Gasteiger partial charge in [-0.3, -0.25) is 4.79 Å². The van der Waals surface area contributed by atoms with Gasteiger partial charge in [-0.15, -0.1) is 0 Å². The Morgan fingerprint density at radius 2 is 2.13 bits per heavy atom. The number of hydrogen-bond acceptors (Lipinski definition) is 2. The first-order valence-electron chi connectivity index (χ1n) is 4.50. The molecule has 1 aromatic carbocycles. The van der Waals surface area contributed by atoms with Crippen LogP contribution < -0.4 is 0 Å². The molecule has 78 valence electrons. The molecule has 1 heterocycles. The summed E-state index contributed by atoms with van der Waals surface area (Å²) in [6.07, 6.45) is 0. The van der Waals surface area contributed by atoms with E-state index in [0.717, 1.165) is 5.52 Å².